The lowest BCUT2D eigenvalue weighted by Crippen LogP contribution is -2.55. The van der Waals surface area contributed by atoms with Crippen LogP contribution in [-0.2, 0) is 14.6 Å². The minimum Gasteiger partial charge on any atom is -0.370 e. The van der Waals surface area contributed by atoms with Gasteiger partial charge in [-0.2, -0.15) is 4.98 Å². The van der Waals surface area contributed by atoms with E-state index in [1.54, 1.807) is 19.3 Å². The topological polar surface area (TPSA) is 113 Å². The summed E-state index contributed by atoms with van der Waals surface area (Å²) in [5.74, 6) is -0.943. The predicted molar refractivity (Wildman–Crippen MR) is 171 cm³/mol. The number of alkyl halides is 2. The first-order chi connectivity index (χ1) is 20.9. The Labute approximate surface area is 258 Å². The molecule has 0 aliphatic carbocycles. The van der Waals surface area contributed by atoms with E-state index in [0.717, 1.165) is 23.0 Å². The third kappa shape index (κ3) is 7.21. The number of pyridine rings is 1. The number of rotatable bonds is 12. The summed E-state index contributed by atoms with van der Waals surface area (Å²) in [7, 11) is -1.23. The average molecular weight is 632 g/mol. The molecule has 2 aliphatic heterocycles. The first kappa shape index (κ1) is 32.2. The number of ether oxygens (including phenoxy) is 1. The van der Waals surface area contributed by atoms with Crippen molar-refractivity contribution in [1.82, 2.24) is 20.3 Å². The molecular formula is C31H43F2N7O3S. The summed E-state index contributed by atoms with van der Waals surface area (Å²) in [4.78, 5) is 17.3. The molecule has 3 aromatic rings. The van der Waals surface area contributed by atoms with E-state index in [0.29, 0.717) is 37.1 Å². The zero-order valence-corrected chi connectivity index (χ0v) is 26.9. The van der Waals surface area contributed by atoms with Gasteiger partial charge < -0.3 is 25.2 Å². The van der Waals surface area contributed by atoms with Gasteiger partial charge in [-0.05, 0) is 67.8 Å². The minimum absolute atomic E-state index is 0.179. The normalized spacial score (nSPS) is 22.0. The van der Waals surface area contributed by atoms with Gasteiger partial charge in [0.2, 0.25) is 5.95 Å². The van der Waals surface area contributed by atoms with E-state index in [4.69, 9.17) is 9.72 Å². The number of likely N-dealkylation sites (N-methyl/N-ethyl adjacent to an activating group) is 1. The molecule has 4 heterocycles. The van der Waals surface area contributed by atoms with Crippen molar-refractivity contribution in [2.45, 2.75) is 57.6 Å². The molecule has 13 heteroatoms. The van der Waals surface area contributed by atoms with Gasteiger partial charge >= 0.3 is 0 Å². The Bertz CT molecular complexity index is 1570. The van der Waals surface area contributed by atoms with Crippen LogP contribution in [0.5, 0.6) is 0 Å². The van der Waals surface area contributed by atoms with Crippen LogP contribution in [0, 0.1) is 5.92 Å². The van der Waals surface area contributed by atoms with E-state index in [9.17, 15) is 17.2 Å². The Morgan fingerprint density at radius 1 is 1.16 bits per heavy atom. The number of hydrogen-bond acceptors (Lipinski definition) is 10. The molecule has 2 aromatic heterocycles. The van der Waals surface area contributed by atoms with Crippen molar-refractivity contribution in [3.63, 3.8) is 0 Å². The largest absolute Gasteiger partial charge is 0.370 e. The zero-order valence-electron chi connectivity index (χ0n) is 26.1. The van der Waals surface area contributed by atoms with Crippen molar-refractivity contribution in [2.75, 3.05) is 67.0 Å². The highest BCUT2D eigenvalue weighted by atomic mass is 32.2. The molecule has 44 heavy (non-hydrogen) atoms. The van der Waals surface area contributed by atoms with Gasteiger partial charge in [0.15, 0.2) is 0 Å². The van der Waals surface area contributed by atoms with Crippen LogP contribution in [0.2, 0.25) is 0 Å². The van der Waals surface area contributed by atoms with Gasteiger partial charge in [0.05, 0.1) is 18.9 Å². The van der Waals surface area contributed by atoms with Gasteiger partial charge in [-0.15, -0.1) is 0 Å². The lowest BCUT2D eigenvalue weighted by molar-refractivity contribution is -0.142. The summed E-state index contributed by atoms with van der Waals surface area (Å²) in [6.45, 7) is 7.84. The van der Waals surface area contributed by atoms with E-state index in [1.807, 2.05) is 12.3 Å². The summed E-state index contributed by atoms with van der Waals surface area (Å²) < 4.78 is 58.6. The van der Waals surface area contributed by atoms with Gasteiger partial charge in [-0.3, -0.25) is 0 Å². The summed E-state index contributed by atoms with van der Waals surface area (Å²) in [6, 6.07) is 8.21. The second-order valence-corrected chi connectivity index (χ2v) is 14.6. The summed E-state index contributed by atoms with van der Waals surface area (Å²) >= 11 is 0. The van der Waals surface area contributed by atoms with Crippen LogP contribution >= 0.6 is 0 Å². The van der Waals surface area contributed by atoms with Crippen LogP contribution in [0.4, 0.5) is 32.1 Å². The number of nitrogens with zero attached hydrogens (tertiary/aromatic N) is 5. The number of benzene rings is 1. The Morgan fingerprint density at radius 2 is 1.95 bits per heavy atom. The predicted octanol–water partition coefficient (Wildman–Crippen LogP) is 4.60. The molecule has 0 amide bonds. The molecule has 3 atom stereocenters. The van der Waals surface area contributed by atoms with Crippen LogP contribution in [0.15, 0.2) is 36.7 Å². The van der Waals surface area contributed by atoms with Gasteiger partial charge in [0, 0.05) is 55.4 Å². The maximum absolute atomic E-state index is 14.9. The number of anilines is 4. The molecule has 0 radical (unpaired) electrons. The first-order valence-corrected chi connectivity index (χ1v) is 17.3. The minimum atomic E-state index is -3.02. The highest BCUT2D eigenvalue weighted by molar-refractivity contribution is 7.90. The highest BCUT2D eigenvalue weighted by Gasteiger charge is 2.46. The molecule has 5 rings (SSSR count). The highest BCUT2D eigenvalue weighted by Crippen LogP contribution is 2.40. The lowest BCUT2D eigenvalue weighted by atomic mass is 9.85. The maximum Gasteiger partial charge on any atom is 0.290 e. The van der Waals surface area contributed by atoms with Crippen LogP contribution < -0.4 is 20.4 Å². The van der Waals surface area contributed by atoms with Crippen molar-refractivity contribution < 1.29 is 21.9 Å². The molecule has 1 aromatic carbocycles. The molecule has 2 aliphatic rings. The molecule has 2 fully saturated rings. The average Bonchev–Trinajstić information content (AvgIpc) is 2.96. The fraction of sp³-hybridized carbons (Fsp3) is 0.581. The Hall–Kier alpha value is -3.16. The second-order valence-electron chi connectivity index (χ2n) is 12.3. The Balaban J connectivity index is 1.33. The molecular weight excluding hydrogens is 588 g/mol. The van der Waals surface area contributed by atoms with E-state index < -0.39 is 28.4 Å². The number of piperidine rings is 1. The van der Waals surface area contributed by atoms with Crippen molar-refractivity contribution in [3.05, 3.63) is 42.2 Å². The van der Waals surface area contributed by atoms with Gasteiger partial charge in [0.25, 0.3) is 5.92 Å². The Kier molecular flexibility index (Phi) is 9.57. The number of fused-ring (bicyclic) bond motifs is 1. The van der Waals surface area contributed by atoms with E-state index >= 15 is 0 Å². The van der Waals surface area contributed by atoms with Crippen LogP contribution in [-0.4, -0.2) is 93.3 Å². The first-order valence-electron chi connectivity index (χ1n) is 15.2. The second kappa shape index (κ2) is 13.1. The van der Waals surface area contributed by atoms with Crippen molar-refractivity contribution >= 4 is 43.9 Å². The molecule has 0 spiro atoms. The number of aromatic nitrogens is 3. The molecule has 0 bridgehead atoms. The lowest BCUT2D eigenvalue weighted by Gasteiger charge is -2.48. The van der Waals surface area contributed by atoms with Crippen LogP contribution in [0.3, 0.4) is 0 Å². The summed E-state index contributed by atoms with van der Waals surface area (Å²) in [5.41, 5.74) is 2.26. The standard InChI is InChI=1S/C31H43F2N7O3S/c1-20(2)23-6-7-26(40-18-22(21(40)3)10-15-44(5,41)42)25-17-36-29(16-24(23)25)37-28-8-11-35-30(38-28)39-13-9-27(31(32,33)19-39)43-14-12-34-4/h6-8,11,16-17,20-22,27,34H,9-10,12-15,18-19H2,1-5H3,(H,35,36,37,38)/t21-,22+,27-/m1/s1. The SMILES string of the molecule is CNCCO[C@@H]1CCN(c2nccc(Nc3cc4c(C(C)C)ccc(N5C[C@H](CCS(C)(=O)=O)[C@H]5C)c4cn3)n2)CC1(F)F. The molecule has 10 nitrogen and oxygen atoms in total. The quantitative estimate of drug-likeness (QED) is 0.275. The fourth-order valence-electron chi connectivity index (χ4n) is 6.07. The van der Waals surface area contributed by atoms with Crippen molar-refractivity contribution in [2.24, 2.45) is 5.92 Å². The molecule has 0 unspecified atom stereocenters. The monoisotopic (exact) mass is 631 g/mol. The summed E-state index contributed by atoms with van der Waals surface area (Å²) in [5, 5.41) is 8.25. The number of sulfone groups is 1. The molecule has 0 saturated carbocycles. The fourth-order valence-corrected chi connectivity index (χ4v) is 6.80. The third-order valence-corrected chi connectivity index (χ3v) is 9.67. The molecule has 2 saturated heterocycles. The number of nitrogens with one attached hydrogen (secondary N) is 2. The maximum atomic E-state index is 14.9. The van der Waals surface area contributed by atoms with E-state index in [1.165, 1.54) is 16.7 Å². The number of hydrogen-bond donors (Lipinski definition) is 2. The zero-order chi connectivity index (χ0) is 31.6. The van der Waals surface area contributed by atoms with Crippen molar-refractivity contribution in [1.29, 1.82) is 0 Å². The molecule has 240 valence electrons. The van der Waals surface area contributed by atoms with Gasteiger partial charge in [0.1, 0.15) is 27.6 Å². The van der Waals surface area contributed by atoms with Crippen LogP contribution in [0.1, 0.15) is 45.1 Å². The summed E-state index contributed by atoms with van der Waals surface area (Å²) in [6.07, 6.45) is 4.41. The van der Waals surface area contributed by atoms with E-state index in [-0.39, 0.29) is 36.7 Å². The van der Waals surface area contributed by atoms with Crippen LogP contribution in [0.25, 0.3) is 10.8 Å². The Morgan fingerprint density at radius 3 is 2.64 bits per heavy atom. The smallest absolute Gasteiger partial charge is 0.290 e. The number of halogens is 2. The van der Waals surface area contributed by atoms with Crippen molar-refractivity contribution in [3.8, 4) is 0 Å². The third-order valence-electron chi connectivity index (χ3n) is 8.69. The molecule has 2 N–H and O–H groups in total. The van der Waals surface area contributed by atoms with Gasteiger partial charge in [-0.25, -0.2) is 27.2 Å². The van der Waals surface area contributed by atoms with E-state index in [2.05, 4.69) is 58.4 Å². The van der Waals surface area contributed by atoms with Gasteiger partial charge in [-0.1, -0.05) is 19.9 Å².